The Bertz CT molecular complexity index is 821. The summed E-state index contributed by atoms with van der Waals surface area (Å²) in [5.41, 5.74) is 1.21. The van der Waals surface area contributed by atoms with Crippen LogP contribution in [-0.2, 0) is 6.42 Å². The van der Waals surface area contributed by atoms with Gasteiger partial charge in [-0.25, -0.2) is 4.79 Å². The van der Waals surface area contributed by atoms with E-state index in [1.807, 2.05) is 0 Å². The van der Waals surface area contributed by atoms with Crippen molar-refractivity contribution in [3.8, 4) is 5.88 Å². The van der Waals surface area contributed by atoms with Crippen LogP contribution in [0.15, 0.2) is 21.2 Å². The van der Waals surface area contributed by atoms with Gasteiger partial charge in [0, 0.05) is 6.42 Å². The zero-order valence-corrected chi connectivity index (χ0v) is 14.7. The fourth-order valence-electron chi connectivity index (χ4n) is 5.15. The third-order valence-corrected chi connectivity index (χ3v) is 6.97. The minimum atomic E-state index is -0.496. The van der Waals surface area contributed by atoms with Gasteiger partial charge >= 0.3 is 5.69 Å². The molecule has 1 aromatic rings. The second-order valence-electron chi connectivity index (χ2n) is 8.37. The Kier molecular flexibility index (Phi) is 3.35. The van der Waals surface area contributed by atoms with Crippen molar-refractivity contribution in [2.24, 2.45) is 17.3 Å². The lowest BCUT2D eigenvalue weighted by molar-refractivity contribution is -0.00520. The number of aromatic amines is 2. The standard InChI is InChI=1S/C19H26N2O3/c1-11-5-4-6-12-7-8-13(9-18(11,12)2)19(3)10-14-15(22)20-17(23)21-16(14)24-19/h6,11,13H,4-5,7-10H2,1-3H3,(H2,20,21,22,23)/t11-,13-,18+,19?/m1/s1. The lowest BCUT2D eigenvalue weighted by atomic mass is 9.56. The van der Waals surface area contributed by atoms with Crippen LogP contribution < -0.4 is 16.0 Å². The summed E-state index contributed by atoms with van der Waals surface area (Å²) in [6, 6.07) is 0. The molecule has 2 N–H and O–H groups in total. The van der Waals surface area contributed by atoms with E-state index >= 15 is 0 Å². The molecule has 4 rings (SSSR count). The van der Waals surface area contributed by atoms with Gasteiger partial charge in [0.25, 0.3) is 5.56 Å². The Balaban J connectivity index is 1.65. The highest BCUT2D eigenvalue weighted by Gasteiger charge is 2.50. The molecular formula is C19H26N2O3. The number of nitrogens with one attached hydrogen (secondary N) is 2. The van der Waals surface area contributed by atoms with Crippen LogP contribution in [0.1, 0.15) is 58.4 Å². The van der Waals surface area contributed by atoms with E-state index < -0.39 is 11.3 Å². The van der Waals surface area contributed by atoms with E-state index in [1.54, 1.807) is 5.57 Å². The van der Waals surface area contributed by atoms with Gasteiger partial charge in [-0.2, -0.15) is 0 Å². The van der Waals surface area contributed by atoms with Gasteiger partial charge in [0.15, 0.2) is 0 Å². The molecule has 1 fully saturated rings. The highest BCUT2D eigenvalue weighted by atomic mass is 16.5. The molecule has 0 aromatic carbocycles. The number of hydrogen-bond acceptors (Lipinski definition) is 3. The molecule has 1 unspecified atom stereocenters. The summed E-state index contributed by atoms with van der Waals surface area (Å²) in [6.45, 7) is 6.86. The molecule has 130 valence electrons. The van der Waals surface area contributed by atoms with Crippen LogP contribution in [0.2, 0.25) is 0 Å². The van der Waals surface area contributed by atoms with Crippen molar-refractivity contribution < 1.29 is 4.74 Å². The van der Waals surface area contributed by atoms with Crippen molar-refractivity contribution in [1.82, 2.24) is 9.97 Å². The number of allylic oxidation sites excluding steroid dienone is 2. The molecule has 2 aliphatic carbocycles. The zero-order chi connectivity index (χ0) is 17.1. The van der Waals surface area contributed by atoms with Gasteiger partial charge in [0.05, 0.1) is 5.56 Å². The van der Waals surface area contributed by atoms with Gasteiger partial charge in [0.1, 0.15) is 5.60 Å². The third-order valence-electron chi connectivity index (χ3n) is 6.97. The maximum absolute atomic E-state index is 12.1. The molecule has 1 aliphatic heterocycles. The number of ether oxygens (including phenoxy) is 1. The van der Waals surface area contributed by atoms with Crippen molar-refractivity contribution in [2.75, 3.05) is 0 Å². The van der Waals surface area contributed by atoms with Crippen molar-refractivity contribution >= 4 is 0 Å². The van der Waals surface area contributed by atoms with E-state index in [0.29, 0.717) is 29.7 Å². The van der Waals surface area contributed by atoms with E-state index in [-0.39, 0.29) is 11.0 Å². The number of fused-ring (bicyclic) bond motifs is 2. The summed E-state index contributed by atoms with van der Waals surface area (Å²) in [5, 5.41) is 0. The predicted molar refractivity (Wildman–Crippen MR) is 92.3 cm³/mol. The van der Waals surface area contributed by atoms with Crippen LogP contribution in [0.5, 0.6) is 5.88 Å². The summed E-state index contributed by atoms with van der Waals surface area (Å²) in [6.07, 6.45) is 8.76. The first kappa shape index (κ1) is 15.7. The molecule has 1 aromatic heterocycles. The topological polar surface area (TPSA) is 75.0 Å². The van der Waals surface area contributed by atoms with Crippen molar-refractivity contribution in [3.63, 3.8) is 0 Å². The van der Waals surface area contributed by atoms with Crippen LogP contribution in [0.25, 0.3) is 0 Å². The predicted octanol–water partition coefficient (Wildman–Crippen LogP) is 2.92. The molecule has 5 heteroatoms. The maximum Gasteiger partial charge on any atom is 0.328 e. The van der Waals surface area contributed by atoms with E-state index in [1.165, 1.54) is 12.8 Å². The molecule has 5 nitrogen and oxygen atoms in total. The van der Waals surface area contributed by atoms with Gasteiger partial charge < -0.3 is 4.74 Å². The maximum atomic E-state index is 12.1. The minimum Gasteiger partial charge on any atom is -0.472 e. The first-order chi connectivity index (χ1) is 11.3. The molecule has 0 amide bonds. The highest BCUT2D eigenvalue weighted by molar-refractivity contribution is 5.32. The Hall–Kier alpha value is -1.78. The van der Waals surface area contributed by atoms with Crippen LogP contribution in [0.3, 0.4) is 0 Å². The quantitative estimate of drug-likeness (QED) is 0.778. The summed E-state index contributed by atoms with van der Waals surface area (Å²) in [7, 11) is 0. The average Bonchev–Trinajstić information content (AvgIpc) is 2.86. The Morgan fingerprint density at radius 1 is 1.21 bits per heavy atom. The first-order valence-corrected chi connectivity index (χ1v) is 9.06. The second-order valence-corrected chi connectivity index (χ2v) is 8.37. The van der Waals surface area contributed by atoms with Gasteiger partial charge in [-0.3, -0.25) is 14.8 Å². The summed E-state index contributed by atoms with van der Waals surface area (Å²) >= 11 is 0. The Morgan fingerprint density at radius 2 is 2.00 bits per heavy atom. The third kappa shape index (κ3) is 2.20. The van der Waals surface area contributed by atoms with E-state index in [0.717, 1.165) is 19.3 Å². The van der Waals surface area contributed by atoms with Crippen LogP contribution >= 0.6 is 0 Å². The molecule has 3 aliphatic rings. The summed E-state index contributed by atoms with van der Waals surface area (Å²) in [5.74, 6) is 1.43. The lowest BCUT2D eigenvalue weighted by Gasteiger charge is -2.50. The second kappa shape index (κ2) is 5.11. The van der Waals surface area contributed by atoms with Gasteiger partial charge in [-0.15, -0.1) is 0 Å². The Labute approximate surface area is 141 Å². The van der Waals surface area contributed by atoms with Crippen molar-refractivity contribution in [3.05, 3.63) is 38.1 Å². The monoisotopic (exact) mass is 330 g/mol. The summed E-state index contributed by atoms with van der Waals surface area (Å²) < 4.78 is 6.16. The molecule has 1 saturated carbocycles. The molecule has 2 heterocycles. The average molecular weight is 330 g/mol. The molecular weight excluding hydrogens is 304 g/mol. The molecule has 24 heavy (non-hydrogen) atoms. The van der Waals surface area contributed by atoms with E-state index in [9.17, 15) is 9.59 Å². The minimum absolute atomic E-state index is 0.238. The van der Waals surface area contributed by atoms with Gasteiger partial charge in [-0.1, -0.05) is 25.5 Å². The SMILES string of the molecule is C[C@@H]1CCC=C2CC[C@@H](C3(C)Cc4c([nH]c(=O)[nH]c4=O)O3)C[C@]21C. The molecule has 0 spiro atoms. The van der Waals surface area contributed by atoms with Crippen molar-refractivity contribution in [2.45, 2.75) is 64.9 Å². The number of H-pyrrole nitrogens is 2. The van der Waals surface area contributed by atoms with Crippen LogP contribution in [0, 0.1) is 17.3 Å². The van der Waals surface area contributed by atoms with Gasteiger partial charge in [-0.05, 0) is 56.3 Å². The van der Waals surface area contributed by atoms with Crippen LogP contribution in [0.4, 0.5) is 0 Å². The van der Waals surface area contributed by atoms with E-state index in [4.69, 9.17) is 4.74 Å². The molecule has 0 saturated heterocycles. The number of hydrogen-bond donors (Lipinski definition) is 2. The smallest absolute Gasteiger partial charge is 0.328 e. The van der Waals surface area contributed by atoms with Gasteiger partial charge in [0.2, 0.25) is 5.88 Å². The van der Waals surface area contributed by atoms with Crippen molar-refractivity contribution in [1.29, 1.82) is 0 Å². The zero-order valence-electron chi connectivity index (χ0n) is 14.7. The molecule has 4 atom stereocenters. The molecule has 0 bridgehead atoms. The first-order valence-electron chi connectivity index (χ1n) is 9.06. The van der Waals surface area contributed by atoms with Crippen LogP contribution in [-0.4, -0.2) is 15.6 Å². The fourth-order valence-corrected chi connectivity index (χ4v) is 5.15. The summed E-state index contributed by atoms with van der Waals surface area (Å²) in [4.78, 5) is 28.6. The Morgan fingerprint density at radius 3 is 2.79 bits per heavy atom. The number of rotatable bonds is 1. The normalized spacial score (nSPS) is 38.0. The number of aromatic nitrogens is 2. The largest absolute Gasteiger partial charge is 0.472 e. The van der Waals surface area contributed by atoms with E-state index in [2.05, 4.69) is 36.8 Å². The lowest BCUT2D eigenvalue weighted by Crippen LogP contribution is -2.47. The molecule has 0 radical (unpaired) electrons. The highest BCUT2D eigenvalue weighted by Crippen LogP contribution is 2.55. The fraction of sp³-hybridized carbons (Fsp3) is 0.684.